The highest BCUT2D eigenvalue weighted by Crippen LogP contribution is 2.26. The Labute approximate surface area is 107 Å². The lowest BCUT2D eigenvalue weighted by atomic mass is 10.2. The molecular formula is C13H16ClN3. The van der Waals surface area contributed by atoms with E-state index >= 15 is 0 Å². The molecule has 1 fully saturated rings. The maximum absolute atomic E-state index is 8.89. The summed E-state index contributed by atoms with van der Waals surface area (Å²) in [6.45, 7) is 5.64. The number of nitriles is 1. The average Bonchev–Trinajstić information content (AvgIpc) is 2.39. The first-order valence-corrected chi connectivity index (χ1v) is 6.23. The van der Waals surface area contributed by atoms with Crippen LogP contribution < -0.4 is 4.90 Å². The molecule has 17 heavy (non-hydrogen) atoms. The van der Waals surface area contributed by atoms with E-state index in [-0.39, 0.29) is 6.04 Å². The molecule has 0 saturated carbocycles. The van der Waals surface area contributed by atoms with E-state index in [0.29, 0.717) is 0 Å². The first kappa shape index (κ1) is 12.2. The molecule has 0 amide bonds. The fourth-order valence-corrected chi connectivity index (χ4v) is 2.40. The number of benzene rings is 1. The van der Waals surface area contributed by atoms with E-state index in [1.165, 1.54) is 0 Å². The number of rotatable bonds is 2. The lowest BCUT2D eigenvalue weighted by Gasteiger charge is -2.37. The second-order valence-corrected chi connectivity index (χ2v) is 4.69. The maximum atomic E-state index is 8.89. The molecule has 0 spiro atoms. The molecule has 0 bridgehead atoms. The minimum atomic E-state index is 0.00314. The summed E-state index contributed by atoms with van der Waals surface area (Å²) in [4.78, 5) is 4.48. The highest BCUT2D eigenvalue weighted by Gasteiger charge is 2.21. The van der Waals surface area contributed by atoms with Gasteiger partial charge in [0.15, 0.2) is 0 Å². The highest BCUT2D eigenvalue weighted by atomic mass is 35.5. The second kappa shape index (κ2) is 5.39. The van der Waals surface area contributed by atoms with E-state index in [0.717, 1.165) is 36.9 Å². The summed E-state index contributed by atoms with van der Waals surface area (Å²) in [5.74, 6) is 0. The molecule has 2 rings (SSSR count). The van der Waals surface area contributed by atoms with Crippen molar-refractivity contribution in [2.45, 2.75) is 13.0 Å². The highest BCUT2D eigenvalue weighted by molar-refractivity contribution is 6.33. The third kappa shape index (κ3) is 2.71. The predicted octanol–water partition coefficient (Wildman–Crippen LogP) is 2.37. The summed E-state index contributed by atoms with van der Waals surface area (Å²) in [6.07, 6.45) is 0. The Morgan fingerprint density at radius 3 is 2.47 bits per heavy atom. The third-order valence-electron chi connectivity index (χ3n) is 3.24. The van der Waals surface area contributed by atoms with E-state index in [1.54, 1.807) is 0 Å². The molecule has 0 aromatic heterocycles. The van der Waals surface area contributed by atoms with Gasteiger partial charge in [-0.2, -0.15) is 5.26 Å². The SMILES string of the molecule is C[C@@H](C#N)N1CCN(c2ccccc2Cl)CC1. The van der Waals surface area contributed by atoms with Gasteiger partial charge in [0.1, 0.15) is 0 Å². The first-order chi connectivity index (χ1) is 8.22. The van der Waals surface area contributed by atoms with Crippen molar-refractivity contribution in [3.05, 3.63) is 29.3 Å². The van der Waals surface area contributed by atoms with Gasteiger partial charge in [0.2, 0.25) is 0 Å². The first-order valence-electron chi connectivity index (χ1n) is 5.85. The molecule has 1 heterocycles. The Balaban J connectivity index is 2.01. The molecule has 0 N–H and O–H groups in total. The van der Waals surface area contributed by atoms with Crippen molar-refractivity contribution >= 4 is 17.3 Å². The van der Waals surface area contributed by atoms with Gasteiger partial charge in [0.05, 0.1) is 22.8 Å². The Morgan fingerprint density at radius 2 is 1.88 bits per heavy atom. The number of nitrogens with zero attached hydrogens (tertiary/aromatic N) is 3. The number of para-hydroxylation sites is 1. The van der Waals surface area contributed by atoms with Crippen molar-refractivity contribution < 1.29 is 0 Å². The van der Waals surface area contributed by atoms with Crippen LogP contribution in [-0.2, 0) is 0 Å². The van der Waals surface area contributed by atoms with Gasteiger partial charge in [-0.3, -0.25) is 4.90 Å². The molecule has 1 aromatic carbocycles. The van der Waals surface area contributed by atoms with E-state index in [2.05, 4.69) is 15.9 Å². The predicted molar refractivity (Wildman–Crippen MR) is 70.3 cm³/mol. The third-order valence-corrected chi connectivity index (χ3v) is 3.56. The van der Waals surface area contributed by atoms with Crippen molar-refractivity contribution in [2.75, 3.05) is 31.1 Å². The summed E-state index contributed by atoms with van der Waals surface area (Å²) < 4.78 is 0. The molecule has 0 aliphatic carbocycles. The Hall–Kier alpha value is -1.24. The maximum Gasteiger partial charge on any atom is 0.0950 e. The average molecular weight is 250 g/mol. The monoisotopic (exact) mass is 249 g/mol. The fourth-order valence-electron chi connectivity index (χ4n) is 2.14. The molecular weight excluding hydrogens is 234 g/mol. The van der Waals surface area contributed by atoms with Gasteiger partial charge in [-0.1, -0.05) is 23.7 Å². The van der Waals surface area contributed by atoms with E-state index in [1.807, 2.05) is 31.2 Å². The molecule has 90 valence electrons. The van der Waals surface area contributed by atoms with Crippen LogP contribution in [0.5, 0.6) is 0 Å². The number of anilines is 1. The van der Waals surface area contributed by atoms with Crippen molar-refractivity contribution in [1.82, 2.24) is 4.90 Å². The minimum Gasteiger partial charge on any atom is -0.368 e. The molecule has 3 nitrogen and oxygen atoms in total. The van der Waals surface area contributed by atoms with Gasteiger partial charge >= 0.3 is 0 Å². The van der Waals surface area contributed by atoms with Crippen molar-refractivity contribution in [2.24, 2.45) is 0 Å². The number of piperazine rings is 1. The van der Waals surface area contributed by atoms with Crippen LogP contribution in [0.25, 0.3) is 0 Å². The molecule has 1 saturated heterocycles. The van der Waals surface area contributed by atoms with Crippen molar-refractivity contribution in [1.29, 1.82) is 5.26 Å². The van der Waals surface area contributed by atoms with Crippen LogP contribution in [0.15, 0.2) is 24.3 Å². The normalized spacial score (nSPS) is 18.8. The molecule has 1 aliphatic heterocycles. The lowest BCUT2D eigenvalue weighted by molar-refractivity contribution is 0.232. The summed E-state index contributed by atoms with van der Waals surface area (Å²) in [5.41, 5.74) is 1.10. The van der Waals surface area contributed by atoms with Gasteiger partial charge in [0, 0.05) is 26.2 Å². The van der Waals surface area contributed by atoms with E-state index in [9.17, 15) is 0 Å². The minimum absolute atomic E-state index is 0.00314. The van der Waals surface area contributed by atoms with Crippen LogP contribution in [-0.4, -0.2) is 37.1 Å². The van der Waals surface area contributed by atoms with Crippen molar-refractivity contribution in [3.63, 3.8) is 0 Å². The number of hydrogen-bond acceptors (Lipinski definition) is 3. The number of hydrogen-bond donors (Lipinski definition) is 0. The topological polar surface area (TPSA) is 30.3 Å². The van der Waals surface area contributed by atoms with Gasteiger partial charge in [-0.25, -0.2) is 0 Å². The Morgan fingerprint density at radius 1 is 1.24 bits per heavy atom. The van der Waals surface area contributed by atoms with Crippen LogP contribution in [0.4, 0.5) is 5.69 Å². The fraction of sp³-hybridized carbons (Fsp3) is 0.462. The van der Waals surface area contributed by atoms with Gasteiger partial charge in [-0.15, -0.1) is 0 Å². The molecule has 0 radical (unpaired) electrons. The van der Waals surface area contributed by atoms with Crippen LogP contribution in [0.3, 0.4) is 0 Å². The van der Waals surface area contributed by atoms with E-state index < -0.39 is 0 Å². The van der Waals surface area contributed by atoms with Crippen LogP contribution >= 0.6 is 11.6 Å². The van der Waals surface area contributed by atoms with Crippen LogP contribution in [0.1, 0.15) is 6.92 Å². The molecule has 4 heteroatoms. The summed E-state index contributed by atoms with van der Waals surface area (Å²) >= 11 is 6.18. The van der Waals surface area contributed by atoms with Crippen LogP contribution in [0, 0.1) is 11.3 Å². The zero-order valence-electron chi connectivity index (χ0n) is 9.93. The van der Waals surface area contributed by atoms with Gasteiger partial charge < -0.3 is 4.90 Å². The summed E-state index contributed by atoms with van der Waals surface area (Å²) in [5, 5.41) is 9.69. The molecule has 1 atom stereocenters. The number of halogens is 1. The Bertz CT molecular complexity index is 419. The smallest absolute Gasteiger partial charge is 0.0950 e. The Kier molecular flexibility index (Phi) is 3.88. The van der Waals surface area contributed by atoms with Gasteiger partial charge in [-0.05, 0) is 19.1 Å². The zero-order valence-corrected chi connectivity index (χ0v) is 10.7. The molecule has 0 unspecified atom stereocenters. The van der Waals surface area contributed by atoms with Crippen LogP contribution in [0.2, 0.25) is 5.02 Å². The standard InChI is InChI=1S/C13H16ClN3/c1-11(10-15)16-6-8-17(9-7-16)13-5-3-2-4-12(13)14/h2-5,11H,6-9H2,1H3/t11-/m0/s1. The van der Waals surface area contributed by atoms with E-state index in [4.69, 9.17) is 16.9 Å². The second-order valence-electron chi connectivity index (χ2n) is 4.28. The largest absolute Gasteiger partial charge is 0.368 e. The van der Waals surface area contributed by atoms with Crippen molar-refractivity contribution in [3.8, 4) is 6.07 Å². The molecule has 1 aromatic rings. The molecule has 1 aliphatic rings. The quantitative estimate of drug-likeness (QED) is 0.806. The zero-order chi connectivity index (χ0) is 12.3. The lowest BCUT2D eigenvalue weighted by Crippen LogP contribution is -2.49. The summed E-state index contributed by atoms with van der Waals surface area (Å²) in [7, 11) is 0. The summed E-state index contributed by atoms with van der Waals surface area (Å²) in [6, 6.07) is 10.2. The van der Waals surface area contributed by atoms with Gasteiger partial charge in [0.25, 0.3) is 0 Å².